The second-order valence-electron chi connectivity index (χ2n) is 9.51. The largest absolute Gasteiger partial charge is 0.469 e. The quantitative estimate of drug-likeness (QED) is 0.721. The third kappa shape index (κ3) is 3.38. The average molecular weight is 339 g/mol. The molecule has 0 radical (unpaired) electrons. The van der Waals surface area contributed by atoms with Crippen LogP contribution in [0.5, 0.6) is 0 Å². The Labute approximate surface area is 148 Å². The van der Waals surface area contributed by atoms with Crippen molar-refractivity contribution < 1.29 is 14.6 Å². The molecule has 1 unspecified atom stereocenters. The van der Waals surface area contributed by atoms with Gasteiger partial charge in [-0.3, -0.25) is 4.79 Å². The van der Waals surface area contributed by atoms with Crippen LogP contribution in [0.25, 0.3) is 0 Å². The van der Waals surface area contributed by atoms with Gasteiger partial charge in [-0.15, -0.1) is 0 Å². The van der Waals surface area contributed by atoms with Crippen molar-refractivity contribution in [3.63, 3.8) is 0 Å². The Kier molecular flexibility index (Phi) is 5.74. The highest BCUT2D eigenvalue weighted by Crippen LogP contribution is 2.64. The maximum absolute atomic E-state index is 11.5. The molecule has 2 rings (SSSR count). The van der Waals surface area contributed by atoms with Crippen molar-refractivity contribution in [1.82, 2.24) is 0 Å². The van der Waals surface area contributed by atoms with E-state index in [4.69, 9.17) is 4.74 Å². The Morgan fingerprint density at radius 2 is 1.92 bits per heavy atom. The zero-order chi connectivity index (χ0) is 18.2. The van der Waals surface area contributed by atoms with Crippen molar-refractivity contribution in [2.45, 2.75) is 91.6 Å². The number of carbonyl (C=O) groups is 1. The third-order valence-corrected chi connectivity index (χ3v) is 8.09. The minimum absolute atomic E-state index is 0.0259. The lowest BCUT2D eigenvalue weighted by atomic mass is 9.43. The van der Waals surface area contributed by atoms with Gasteiger partial charge in [-0.25, -0.2) is 0 Å². The number of hydrogen-bond acceptors (Lipinski definition) is 3. The molecule has 1 N–H and O–H groups in total. The molecule has 0 aromatic rings. The topological polar surface area (TPSA) is 46.5 Å². The zero-order valence-electron chi connectivity index (χ0n) is 16.7. The van der Waals surface area contributed by atoms with Gasteiger partial charge in [-0.1, -0.05) is 34.1 Å². The van der Waals surface area contributed by atoms with E-state index in [1.54, 1.807) is 0 Å². The van der Waals surface area contributed by atoms with Crippen molar-refractivity contribution >= 4 is 5.97 Å². The standard InChI is InChI=1S/C21H38O3/c1-15(14-18(22)24-6)9-12-19(3)16(2)10-13-20(4)17(19)8-7-11-21(20,5)23/h15-17,23H,7-14H2,1-6H3/t15?,16-,17-,19+,20-,21-/m1/s1. The summed E-state index contributed by atoms with van der Waals surface area (Å²) in [7, 11) is 1.47. The van der Waals surface area contributed by atoms with E-state index in [2.05, 4.69) is 34.6 Å². The predicted molar refractivity (Wildman–Crippen MR) is 97.6 cm³/mol. The van der Waals surface area contributed by atoms with Crippen LogP contribution in [0.2, 0.25) is 0 Å². The Morgan fingerprint density at radius 1 is 1.25 bits per heavy atom. The summed E-state index contributed by atoms with van der Waals surface area (Å²) in [5.41, 5.74) is -0.269. The van der Waals surface area contributed by atoms with Crippen LogP contribution >= 0.6 is 0 Å². The molecular weight excluding hydrogens is 300 g/mol. The summed E-state index contributed by atoms with van der Waals surface area (Å²) in [6.07, 6.45) is 8.35. The number of fused-ring (bicyclic) bond motifs is 1. The molecule has 0 bridgehead atoms. The van der Waals surface area contributed by atoms with E-state index >= 15 is 0 Å². The molecule has 24 heavy (non-hydrogen) atoms. The molecule has 0 aromatic carbocycles. The van der Waals surface area contributed by atoms with Gasteiger partial charge in [-0.2, -0.15) is 0 Å². The number of esters is 1. The van der Waals surface area contributed by atoms with Gasteiger partial charge in [0.15, 0.2) is 0 Å². The van der Waals surface area contributed by atoms with E-state index in [9.17, 15) is 9.90 Å². The summed E-state index contributed by atoms with van der Waals surface area (Å²) < 4.78 is 4.82. The molecule has 3 nitrogen and oxygen atoms in total. The Morgan fingerprint density at radius 3 is 2.54 bits per heavy atom. The molecule has 2 aliphatic rings. The lowest BCUT2D eigenvalue weighted by Gasteiger charge is -2.63. The monoisotopic (exact) mass is 338 g/mol. The van der Waals surface area contributed by atoms with Gasteiger partial charge in [0.2, 0.25) is 0 Å². The van der Waals surface area contributed by atoms with E-state index in [0.29, 0.717) is 24.2 Å². The Hall–Kier alpha value is -0.570. The number of hydrogen-bond donors (Lipinski definition) is 1. The van der Waals surface area contributed by atoms with Crippen LogP contribution in [0.4, 0.5) is 0 Å². The van der Waals surface area contributed by atoms with Gasteiger partial charge >= 0.3 is 5.97 Å². The lowest BCUT2D eigenvalue weighted by molar-refractivity contribution is -0.193. The summed E-state index contributed by atoms with van der Waals surface area (Å²) in [4.78, 5) is 11.5. The Bertz CT molecular complexity index is 458. The first-order valence-electron chi connectivity index (χ1n) is 9.86. The predicted octanol–water partition coefficient (Wildman–Crippen LogP) is 4.96. The highest BCUT2D eigenvalue weighted by Gasteiger charge is 2.59. The Balaban J connectivity index is 2.14. The van der Waals surface area contributed by atoms with Crippen LogP contribution in [-0.4, -0.2) is 23.8 Å². The van der Waals surface area contributed by atoms with Gasteiger partial charge in [0.1, 0.15) is 0 Å². The highest BCUT2D eigenvalue weighted by atomic mass is 16.5. The van der Waals surface area contributed by atoms with E-state index in [-0.39, 0.29) is 16.8 Å². The van der Waals surface area contributed by atoms with Crippen molar-refractivity contribution in [3.05, 3.63) is 0 Å². The van der Waals surface area contributed by atoms with Crippen LogP contribution in [0.15, 0.2) is 0 Å². The van der Waals surface area contributed by atoms with Gasteiger partial charge in [0.05, 0.1) is 12.7 Å². The molecule has 140 valence electrons. The van der Waals surface area contributed by atoms with E-state index in [1.807, 2.05) is 0 Å². The van der Waals surface area contributed by atoms with Gasteiger partial charge < -0.3 is 9.84 Å². The van der Waals surface area contributed by atoms with Crippen molar-refractivity contribution in [3.8, 4) is 0 Å². The molecule has 0 aliphatic heterocycles. The smallest absolute Gasteiger partial charge is 0.305 e. The summed E-state index contributed by atoms with van der Waals surface area (Å²) in [6, 6.07) is 0. The van der Waals surface area contributed by atoms with E-state index in [1.165, 1.54) is 20.0 Å². The number of carbonyl (C=O) groups excluding carboxylic acids is 1. The molecule has 0 heterocycles. The lowest BCUT2D eigenvalue weighted by Crippen LogP contribution is -2.60. The van der Waals surface area contributed by atoms with Crippen LogP contribution in [0.3, 0.4) is 0 Å². The van der Waals surface area contributed by atoms with E-state index < -0.39 is 5.60 Å². The first-order chi connectivity index (χ1) is 11.1. The number of methoxy groups -OCH3 is 1. The summed E-state index contributed by atoms with van der Waals surface area (Å²) in [5, 5.41) is 11.1. The molecule has 3 heteroatoms. The molecule has 0 aromatic heterocycles. The van der Waals surface area contributed by atoms with Crippen LogP contribution in [-0.2, 0) is 9.53 Å². The SMILES string of the molecule is COC(=O)CC(C)CC[C@@]1(C)[C@H](C)CC[C@]2(C)[C@@H]1CCC[C@@]2(C)O. The fraction of sp³-hybridized carbons (Fsp3) is 0.952. The highest BCUT2D eigenvalue weighted by molar-refractivity contribution is 5.69. The van der Waals surface area contributed by atoms with Gasteiger partial charge in [0.25, 0.3) is 0 Å². The molecule has 0 saturated heterocycles. The summed E-state index contributed by atoms with van der Waals surface area (Å²) in [5.74, 6) is 1.51. The van der Waals surface area contributed by atoms with Gasteiger partial charge in [0, 0.05) is 6.42 Å². The van der Waals surface area contributed by atoms with Crippen LogP contribution in [0, 0.1) is 28.6 Å². The molecule has 2 fully saturated rings. The zero-order valence-corrected chi connectivity index (χ0v) is 16.7. The van der Waals surface area contributed by atoms with Crippen molar-refractivity contribution in [1.29, 1.82) is 0 Å². The maximum atomic E-state index is 11.5. The molecule has 2 saturated carbocycles. The van der Waals surface area contributed by atoms with Crippen LogP contribution < -0.4 is 0 Å². The normalized spacial score (nSPS) is 43.8. The second kappa shape index (κ2) is 6.97. The fourth-order valence-corrected chi connectivity index (χ4v) is 5.77. The summed E-state index contributed by atoms with van der Waals surface area (Å²) >= 11 is 0. The molecule has 2 aliphatic carbocycles. The third-order valence-electron chi connectivity index (χ3n) is 8.09. The summed E-state index contributed by atoms with van der Waals surface area (Å²) in [6.45, 7) is 11.4. The van der Waals surface area contributed by atoms with E-state index in [0.717, 1.165) is 32.1 Å². The molecule has 0 spiro atoms. The minimum Gasteiger partial charge on any atom is -0.469 e. The number of aliphatic hydroxyl groups is 1. The van der Waals surface area contributed by atoms with Crippen molar-refractivity contribution in [2.24, 2.45) is 28.6 Å². The maximum Gasteiger partial charge on any atom is 0.305 e. The molecule has 6 atom stereocenters. The molecular formula is C21H38O3. The van der Waals surface area contributed by atoms with Crippen molar-refractivity contribution in [2.75, 3.05) is 7.11 Å². The number of ether oxygens (including phenoxy) is 1. The molecule has 0 amide bonds. The first kappa shape index (κ1) is 19.8. The van der Waals surface area contributed by atoms with Crippen LogP contribution in [0.1, 0.15) is 86.0 Å². The average Bonchev–Trinajstić information content (AvgIpc) is 2.51. The second-order valence-corrected chi connectivity index (χ2v) is 9.51. The number of rotatable bonds is 5. The first-order valence-corrected chi connectivity index (χ1v) is 9.86. The minimum atomic E-state index is -0.547. The van der Waals surface area contributed by atoms with Gasteiger partial charge in [-0.05, 0) is 74.0 Å². The fourth-order valence-electron chi connectivity index (χ4n) is 5.77.